The van der Waals surface area contributed by atoms with Crippen molar-refractivity contribution in [3.05, 3.63) is 42.1 Å². The lowest BCUT2D eigenvalue weighted by Crippen LogP contribution is -2.28. The molecule has 1 aliphatic carbocycles. The standard InChI is InChI=1S/C17H19NO2/c1-11-4-6-14(17(19)20)15(9-11)12-5-7-16-13(10-12)3-2-8-18-16/h2-3,5,7-8,10-11,14-15H,4,6,9H2,1H3,(H,19,20). The summed E-state index contributed by atoms with van der Waals surface area (Å²) in [4.78, 5) is 15.8. The highest BCUT2D eigenvalue weighted by Gasteiger charge is 2.34. The van der Waals surface area contributed by atoms with Crippen LogP contribution in [0.3, 0.4) is 0 Å². The molecule has 2 aromatic rings. The van der Waals surface area contributed by atoms with Crippen molar-refractivity contribution in [2.24, 2.45) is 11.8 Å². The number of carboxylic acid groups (broad SMARTS) is 1. The summed E-state index contributed by atoms with van der Waals surface area (Å²) in [7, 11) is 0. The van der Waals surface area contributed by atoms with E-state index in [2.05, 4.69) is 18.0 Å². The van der Waals surface area contributed by atoms with E-state index in [0.29, 0.717) is 5.92 Å². The van der Waals surface area contributed by atoms with Gasteiger partial charge in [-0.25, -0.2) is 0 Å². The zero-order chi connectivity index (χ0) is 14.1. The molecule has 1 heterocycles. The fourth-order valence-electron chi connectivity index (χ4n) is 3.37. The molecule has 1 aromatic heterocycles. The average Bonchev–Trinajstić information content (AvgIpc) is 2.46. The number of fused-ring (bicyclic) bond motifs is 1. The Kier molecular flexibility index (Phi) is 3.43. The van der Waals surface area contributed by atoms with Crippen LogP contribution in [0.5, 0.6) is 0 Å². The van der Waals surface area contributed by atoms with Gasteiger partial charge in [0.25, 0.3) is 0 Å². The molecule has 1 aromatic carbocycles. The SMILES string of the molecule is CC1CCC(C(=O)O)C(c2ccc3ncccc3c2)C1. The Morgan fingerprint density at radius 1 is 1.30 bits per heavy atom. The van der Waals surface area contributed by atoms with E-state index < -0.39 is 5.97 Å². The van der Waals surface area contributed by atoms with Gasteiger partial charge in [0.1, 0.15) is 0 Å². The first-order valence-corrected chi connectivity index (χ1v) is 7.22. The van der Waals surface area contributed by atoms with Crippen LogP contribution in [-0.4, -0.2) is 16.1 Å². The molecule has 1 aliphatic rings. The first-order valence-electron chi connectivity index (χ1n) is 7.22. The summed E-state index contributed by atoms with van der Waals surface area (Å²) in [6.07, 6.45) is 4.54. The molecule has 0 amide bonds. The Labute approximate surface area is 118 Å². The van der Waals surface area contributed by atoms with Gasteiger partial charge >= 0.3 is 5.97 Å². The van der Waals surface area contributed by atoms with E-state index in [1.165, 1.54) is 0 Å². The minimum Gasteiger partial charge on any atom is -0.481 e. The van der Waals surface area contributed by atoms with Gasteiger partial charge in [-0.2, -0.15) is 0 Å². The molecule has 1 N–H and O–H groups in total. The fourth-order valence-corrected chi connectivity index (χ4v) is 3.37. The van der Waals surface area contributed by atoms with Gasteiger partial charge in [-0.1, -0.05) is 19.1 Å². The van der Waals surface area contributed by atoms with Gasteiger partial charge in [0, 0.05) is 11.6 Å². The van der Waals surface area contributed by atoms with Crippen LogP contribution in [0.4, 0.5) is 0 Å². The Bertz CT molecular complexity index is 638. The lowest BCUT2D eigenvalue weighted by Gasteiger charge is -2.32. The molecule has 1 saturated carbocycles. The number of carboxylic acids is 1. The van der Waals surface area contributed by atoms with Gasteiger partial charge in [-0.3, -0.25) is 9.78 Å². The first kappa shape index (κ1) is 13.1. The number of aromatic nitrogens is 1. The molecule has 20 heavy (non-hydrogen) atoms. The topological polar surface area (TPSA) is 50.2 Å². The van der Waals surface area contributed by atoms with Crippen molar-refractivity contribution in [2.75, 3.05) is 0 Å². The van der Waals surface area contributed by atoms with E-state index in [0.717, 1.165) is 35.7 Å². The van der Waals surface area contributed by atoms with Crippen molar-refractivity contribution in [3.63, 3.8) is 0 Å². The Morgan fingerprint density at radius 3 is 2.95 bits per heavy atom. The van der Waals surface area contributed by atoms with Crippen LogP contribution in [0.25, 0.3) is 10.9 Å². The van der Waals surface area contributed by atoms with Gasteiger partial charge in [-0.05, 0) is 54.9 Å². The van der Waals surface area contributed by atoms with Crippen LogP contribution in [0.15, 0.2) is 36.5 Å². The number of hydrogen-bond acceptors (Lipinski definition) is 2. The first-order chi connectivity index (χ1) is 9.65. The molecule has 104 valence electrons. The maximum Gasteiger partial charge on any atom is 0.307 e. The number of nitrogens with zero attached hydrogens (tertiary/aromatic N) is 1. The third-order valence-corrected chi connectivity index (χ3v) is 4.48. The zero-order valence-electron chi connectivity index (χ0n) is 11.6. The Balaban J connectivity index is 2.00. The highest BCUT2D eigenvalue weighted by atomic mass is 16.4. The summed E-state index contributed by atoms with van der Waals surface area (Å²) < 4.78 is 0. The van der Waals surface area contributed by atoms with E-state index in [1.807, 2.05) is 24.3 Å². The number of pyridine rings is 1. The number of benzene rings is 1. The summed E-state index contributed by atoms with van der Waals surface area (Å²) >= 11 is 0. The van der Waals surface area contributed by atoms with E-state index >= 15 is 0 Å². The fraction of sp³-hybridized carbons (Fsp3) is 0.412. The van der Waals surface area contributed by atoms with Crippen LogP contribution < -0.4 is 0 Å². The number of hydrogen-bond donors (Lipinski definition) is 1. The number of carbonyl (C=O) groups is 1. The zero-order valence-corrected chi connectivity index (χ0v) is 11.6. The van der Waals surface area contributed by atoms with Crippen molar-refractivity contribution in [1.82, 2.24) is 4.98 Å². The van der Waals surface area contributed by atoms with Crippen molar-refractivity contribution in [2.45, 2.75) is 32.1 Å². The molecule has 3 atom stereocenters. The summed E-state index contributed by atoms with van der Waals surface area (Å²) in [5, 5.41) is 10.5. The highest BCUT2D eigenvalue weighted by molar-refractivity contribution is 5.79. The van der Waals surface area contributed by atoms with Gasteiger partial charge < -0.3 is 5.11 Å². The maximum atomic E-state index is 11.5. The third-order valence-electron chi connectivity index (χ3n) is 4.48. The van der Waals surface area contributed by atoms with E-state index in [9.17, 15) is 9.90 Å². The van der Waals surface area contributed by atoms with Crippen LogP contribution >= 0.6 is 0 Å². The van der Waals surface area contributed by atoms with E-state index in [1.54, 1.807) is 6.20 Å². The molecule has 0 radical (unpaired) electrons. The predicted molar refractivity (Wildman–Crippen MR) is 78.6 cm³/mol. The molecule has 3 rings (SSSR count). The van der Waals surface area contributed by atoms with Crippen LogP contribution in [0.1, 0.15) is 37.7 Å². The second-order valence-electron chi connectivity index (χ2n) is 5.92. The largest absolute Gasteiger partial charge is 0.481 e. The molecular formula is C17H19NO2. The van der Waals surface area contributed by atoms with Gasteiger partial charge in [-0.15, -0.1) is 0 Å². The van der Waals surface area contributed by atoms with Crippen molar-refractivity contribution >= 4 is 16.9 Å². The molecule has 0 spiro atoms. The molecule has 0 aliphatic heterocycles. The van der Waals surface area contributed by atoms with Gasteiger partial charge in [0.05, 0.1) is 11.4 Å². The van der Waals surface area contributed by atoms with Crippen molar-refractivity contribution in [1.29, 1.82) is 0 Å². The molecular weight excluding hydrogens is 250 g/mol. The maximum absolute atomic E-state index is 11.5. The Morgan fingerprint density at radius 2 is 2.15 bits per heavy atom. The molecule has 0 saturated heterocycles. The molecule has 3 nitrogen and oxygen atoms in total. The second kappa shape index (κ2) is 5.23. The molecule has 3 heteroatoms. The monoisotopic (exact) mass is 269 g/mol. The number of aliphatic carboxylic acids is 1. The molecule has 1 fully saturated rings. The predicted octanol–water partition coefficient (Wildman–Crippen LogP) is 3.84. The van der Waals surface area contributed by atoms with Crippen molar-refractivity contribution in [3.8, 4) is 0 Å². The minimum atomic E-state index is -0.659. The van der Waals surface area contributed by atoms with Gasteiger partial charge in [0.15, 0.2) is 0 Å². The average molecular weight is 269 g/mol. The molecule has 0 bridgehead atoms. The van der Waals surface area contributed by atoms with Gasteiger partial charge in [0.2, 0.25) is 0 Å². The highest BCUT2D eigenvalue weighted by Crippen LogP contribution is 2.41. The second-order valence-corrected chi connectivity index (χ2v) is 5.92. The molecule has 3 unspecified atom stereocenters. The summed E-state index contributed by atoms with van der Waals surface area (Å²) in [6.45, 7) is 2.22. The lowest BCUT2D eigenvalue weighted by molar-refractivity contribution is -0.143. The Hall–Kier alpha value is -1.90. The smallest absolute Gasteiger partial charge is 0.307 e. The van der Waals surface area contributed by atoms with Crippen LogP contribution in [-0.2, 0) is 4.79 Å². The summed E-state index contributed by atoms with van der Waals surface area (Å²) in [6, 6.07) is 10.1. The van der Waals surface area contributed by atoms with Crippen LogP contribution in [0, 0.1) is 11.8 Å². The summed E-state index contributed by atoms with van der Waals surface area (Å²) in [5.74, 6) is -0.186. The summed E-state index contributed by atoms with van der Waals surface area (Å²) in [5.41, 5.74) is 2.11. The number of rotatable bonds is 2. The quantitative estimate of drug-likeness (QED) is 0.901. The van der Waals surface area contributed by atoms with E-state index in [-0.39, 0.29) is 11.8 Å². The van der Waals surface area contributed by atoms with E-state index in [4.69, 9.17) is 0 Å². The normalized spacial score (nSPS) is 26.6. The minimum absolute atomic E-state index is 0.126. The van der Waals surface area contributed by atoms with Crippen LogP contribution in [0.2, 0.25) is 0 Å². The third kappa shape index (κ3) is 2.40. The lowest BCUT2D eigenvalue weighted by atomic mass is 9.71. The van der Waals surface area contributed by atoms with Crippen molar-refractivity contribution < 1.29 is 9.90 Å².